The smallest absolute Gasteiger partial charge is 0.308 e. The molecule has 0 aromatic carbocycles. The predicted octanol–water partition coefficient (Wildman–Crippen LogP) is 3.36. The van der Waals surface area contributed by atoms with Gasteiger partial charge in [0.05, 0.1) is 65.4 Å². The second kappa shape index (κ2) is 21.1. The van der Waals surface area contributed by atoms with Crippen LogP contribution in [0.2, 0.25) is 0 Å². The van der Waals surface area contributed by atoms with Crippen LogP contribution in [0.15, 0.2) is 0 Å². The Balaban J connectivity index is 1.75. The summed E-state index contributed by atoms with van der Waals surface area (Å²) >= 11 is 0. The van der Waals surface area contributed by atoms with E-state index in [4.69, 9.17) is 33.2 Å². The van der Waals surface area contributed by atoms with Crippen LogP contribution in [-0.4, -0.2) is 84.9 Å². The molecular formula is C23H44O8. The van der Waals surface area contributed by atoms with E-state index in [9.17, 15) is 4.79 Å². The lowest BCUT2D eigenvalue weighted by Gasteiger charge is -2.22. The zero-order valence-corrected chi connectivity index (χ0v) is 19.6. The molecule has 0 N–H and O–H groups in total. The molecule has 8 heteroatoms. The summed E-state index contributed by atoms with van der Waals surface area (Å²) in [6.45, 7) is 9.78. The van der Waals surface area contributed by atoms with E-state index >= 15 is 0 Å². The highest BCUT2D eigenvalue weighted by atomic mass is 16.7. The molecule has 1 aliphatic heterocycles. The van der Waals surface area contributed by atoms with Gasteiger partial charge in [0.15, 0.2) is 6.29 Å². The van der Waals surface area contributed by atoms with Crippen molar-refractivity contribution in [2.75, 3.05) is 72.7 Å². The van der Waals surface area contributed by atoms with Gasteiger partial charge in [0.2, 0.25) is 0 Å². The number of hydrogen-bond acceptors (Lipinski definition) is 8. The topological polar surface area (TPSA) is 81.7 Å². The summed E-state index contributed by atoms with van der Waals surface area (Å²) in [7, 11) is 0. The number of carbonyl (C=O) groups is 1. The highest BCUT2D eigenvalue weighted by molar-refractivity contribution is 5.72. The van der Waals surface area contributed by atoms with Gasteiger partial charge in [-0.05, 0) is 32.1 Å². The molecule has 0 radical (unpaired) electrons. The molecule has 0 bridgehead atoms. The van der Waals surface area contributed by atoms with Crippen LogP contribution in [-0.2, 0) is 38.0 Å². The van der Waals surface area contributed by atoms with Crippen LogP contribution in [0.25, 0.3) is 0 Å². The molecule has 0 amide bonds. The highest BCUT2D eigenvalue weighted by Crippen LogP contribution is 2.14. The summed E-state index contributed by atoms with van der Waals surface area (Å²) in [5.74, 6) is -0.0964. The Morgan fingerprint density at radius 3 is 1.94 bits per heavy atom. The quantitative estimate of drug-likeness (QED) is 0.195. The van der Waals surface area contributed by atoms with E-state index in [1.54, 1.807) is 0 Å². The molecule has 2 atom stereocenters. The number of ether oxygens (including phenoxy) is 7. The van der Waals surface area contributed by atoms with Gasteiger partial charge in [-0.3, -0.25) is 4.79 Å². The number of rotatable bonds is 21. The molecule has 2 unspecified atom stereocenters. The molecule has 0 aromatic heterocycles. The molecule has 1 fully saturated rings. The number of esters is 1. The average Bonchev–Trinajstić information content (AvgIpc) is 2.80. The van der Waals surface area contributed by atoms with E-state index in [2.05, 4.69) is 6.92 Å². The van der Waals surface area contributed by atoms with Crippen LogP contribution >= 0.6 is 0 Å². The van der Waals surface area contributed by atoms with Crippen molar-refractivity contribution < 1.29 is 38.0 Å². The first-order chi connectivity index (χ1) is 15.3. The zero-order valence-electron chi connectivity index (χ0n) is 19.6. The minimum Gasteiger partial charge on any atom is -0.463 e. The standard InChI is InChI=1S/C23H44O8/c1-3-5-8-21(4-2)23(24)31-20-18-28-16-14-26-12-11-25-13-15-27-17-19-30-22-9-6-7-10-29-22/h21-22H,3-20H2,1-2H3. The minimum absolute atomic E-state index is 0.0122. The van der Waals surface area contributed by atoms with Gasteiger partial charge in [-0.25, -0.2) is 0 Å². The Hall–Kier alpha value is -0.770. The van der Waals surface area contributed by atoms with E-state index in [0.717, 1.165) is 45.1 Å². The fraction of sp³-hybridized carbons (Fsp3) is 0.957. The van der Waals surface area contributed by atoms with Crippen molar-refractivity contribution in [3.8, 4) is 0 Å². The summed E-state index contributed by atoms with van der Waals surface area (Å²) in [5.41, 5.74) is 0. The van der Waals surface area contributed by atoms with E-state index in [1.807, 2.05) is 6.92 Å². The van der Waals surface area contributed by atoms with Crippen LogP contribution in [0.3, 0.4) is 0 Å². The molecule has 0 saturated carbocycles. The maximum absolute atomic E-state index is 11.9. The Labute approximate surface area is 188 Å². The fourth-order valence-corrected chi connectivity index (χ4v) is 3.10. The second-order valence-electron chi connectivity index (χ2n) is 7.53. The third-order valence-electron chi connectivity index (χ3n) is 4.99. The van der Waals surface area contributed by atoms with Crippen molar-refractivity contribution in [1.29, 1.82) is 0 Å². The van der Waals surface area contributed by atoms with Crippen LogP contribution in [0.1, 0.15) is 58.8 Å². The Kier molecular flexibility index (Phi) is 19.2. The summed E-state index contributed by atoms with van der Waals surface area (Å²) < 4.78 is 38.1. The first-order valence-corrected chi connectivity index (χ1v) is 12.0. The third kappa shape index (κ3) is 16.5. The van der Waals surface area contributed by atoms with Gasteiger partial charge >= 0.3 is 5.97 Å². The van der Waals surface area contributed by atoms with Crippen LogP contribution in [0, 0.1) is 5.92 Å². The van der Waals surface area contributed by atoms with E-state index < -0.39 is 0 Å². The second-order valence-corrected chi connectivity index (χ2v) is 7.53. The molecule has 1 aliphatic rings. The van der Waals surface area contributed by atoms with E-state index in [0.29, 0.717) is 66.1 Å². The number of unbranched alkanes of at least 4 members (excludes halogenated alkanes) is 1. The minimum atomic E-state index is -0.109. The predicted molar refractivity (Wildman–Crippen MR) is 117 cm³/mol. The molecule has 1 saturated heterocycles. The fourth-order valence-electron chi connectivity index (χ4n) is 3.10. The van der Waals surface area contributed by atoms with Crippen LogP contribution in [0.5, 0.6) is 0 Å². The van der Waals surface area contributed by atoms with Crippen molar-refractivity contribution in [2.24, 2.45) is 5.92 Å². The average molecular weight is 449 g/mol. The lowest BCUT2D eigenvalue weighted by atomic mass is 10.00. The largest absolute Gasteiger partial charge is 0.463 e. The van der Waals surface area contributed by atoms with Crippen molar-refractivity contribution in [3.63, 3.8) is 0 Å². The summed E-state index contributed by atoms with van der Waals surface area (Å²) in [6, 6.07) is 0. The van der Waals surface area contributed by atoms with Crippen molar-refractivity contribution in [3.05, 3.63) is 0 Å². The number of hydrogen-bond donors (Lipinski definition) is 0. The van der Waals surface area contributed by atoms with E-state index in [-0.39, 0.29) is 18.2 Å². The SMILES string of the molecule is CCCCC(CC)C(=O)OCCOCCOCCOCCOCCOC1CCCCO1. The van der Waals surface area contributed by atoms with Gasteiger partial charge in [-0.2, -0.15) is 0 Å². The maximum Gasteiger partial charge on any atom is 0.308 e. The first kappa shape index (κ1) is 28.3. The summed E-state index contributed by atoms with van der Waals surface area (Å²) in [4.78, 5) is 11.9. The zero-order chi connectivity index (χ0) is 22.4. The van der Waals surface area contributed by atoms with Crippen molar-refractivity contribution >= 4 is 5.97 Å². The molecular weight excluding hydrogens is 404 g/mol. The Morgan fingerprint density at radius 1 is 0.839 bits per heavy atom. The normalized spacial score (nSPS) is 17.5. The van der Waals surface area contributed by atoms with Crippen LogP contribution < -0.4 is 0 Å². The third-order valence-corrected chi connectivity index (χ3v) is 4.99. The molecule has 0 aliphatic carbocycles. The van der Waals surface area contributed by atoms with Gasteiger partial charge in [0.25, 0.3) is 0 Å². The van der Waals surface area contributed by atoms with Gasteiger partial charge in [-0.1, -0.05) is 26.7 Å². The molecule has 184 valence electrons. The van der Waals surface area contributed by atoms with Crippen molar-refractivity contribution in [1.82, 2.24) is 0 Å². The summed E-state index contributed by atoms with van der Waals surface area (Å²) in [5, 5.41) is 0. The highest BCUT2D eigenvalue weighted by Gasteiger charge is 2.17. The Bertz CT molecular complexity index is 401. The van der Waals surface area contributed by atoms with Crippen LogP contribution in [0.4, 0.5) is 0 Å². The molecule has 1 heterocycles. The molecule has 1 rings (SSSR count). The van der Waals surface area contributed by atoms with E-state index in [1.165, 1.54) is 6.42 Å². The van der Waals surface area contributed by atoms with Gasteiger partial charge in [0, 0.05) is 6.61 Å². The molecule has 0 aromatic rings. The lowest BCUT2D eigenvalue weighted by Crippen LogP contribution is -2.24. The molecule has 8 nitrogen and oxygen atoms in total. The first-order valence-electron chi connectivity index (χ1n) is 12.0. The van der Waals surface area contributed by atoms with Gasteiger partial charge in [0.1, 0.15) is 6.61 Å². The Morgan fingerprint density at radius 2 is 1.42 bits per heavy atom. The molecule has 0 spiro atoms. The van der Waals surface area contributed by atoms with Gasteiger partial charge < -0.3 is 33.2 Å². The van der Waals surface area contributed by atoms with Gasteiger partial charge in [-0.15, -0.1) is 0 Å². The monoisotopic (exact) mass is 448 g/mol. The van der Waals surface area contributed by atoms with Crippen molar-refractivity contribution in [2.45, 2.75) is 65.1 Å². The maximum atomic E-state index is 11.9. The summed E-state index contributed by atoms with van der Waals surface area (Å²) in [6.07, 6.45) is 7.09. The number of carbonyl (C=O) groups excluding carboxylic acids is 1. The lowest BCUT2D eigenvalue weighted by molar-refractivity contribution is -0.169. The molecule has 31 heavy (non-hydrogen) atoms.